The van der Waals surface area contributed by atoms with Crippen LogP contribution in [0.4, 0.5) is 10.2 Å². The Hall–Kier alpha value is -1.88. The molecule has 23 heavy (non-hydrogen) atoms. The molecular formula is C18H24FN3O. The molecule has 1 aliphatic rings. The second-order valence-corrected chi connectivity index (χ2v) is 6.18. The van der Waals surface area contributed by atoms with E-state index in [9.17, 15) is 4.39 Å². The lowest BCUT2D eigenvalue weighted by atomic mass is 9.79. The summed E-state index contributed by atoms with van der Waals surface area (Å²) in [5, 5.41) is 11.0. The first-order valence-electron chi connectivity index (χ1n) is 8.32. The number of aromatic amines is 1. The zero-order chi connectivity index (χ0) is 16.3. The highest BCUT2D eigenvalue weighted by atomic mass is 19.1. The molecule has 4 nitrogen and oxygen atoms in total. The second-order valence-electron chi connectivity index (χ2n) is 6.18. The lowest BCUT2D eigenvalue weighted by Gasteiger charge is -2.28. The van der Waals surface area contributed by atoms with Gasteiger partial charge in [0.15, 0.2) is 5.82 Å². The molecule has 0 radical (unpaired) electrons. The average molecular weight is 317 g/mol. The summed E-state index contributed by atoms with van der Waals surface area (Å²) in [6.07, 6.45) is 2.82. The van der Waals surface area contributed by atoms with Crippen molar-refractivity contribution < 1.29 is 9.13 Å². The van der Waals surface area contributed by atoms with Crippen LogP contribution in [0.15, 0.2) is 24.3 Å². The Morgan fingerprint density at radius 3 is 2.65 bits per heavy atom. The Balaban J connectivity index is 1.81. The molecule has 1 aromatic carbocycles. The van der Waals surface area contributed by atoms with Gasteiger partial charge in [-0.05, 0) is 37.0 Å². The summed E-state index contributed by atoms with van der Waals surface area (Å²) in [6, 6.07) is 6.79. The predicted molar refractivity (Wildman–Crippen MR) is 89.3 cm³/mol. The van der Waals surface area contributed by atoms with Crippen LogP contribution in [-0.4, -0.2) is 30.0 Å². The molecule has 1 fully saturated rings. The fraction of sp³-hybridized carbons (Fsp3) is 0.500. The summed E-state index contributed by atoms with van der Waals surface area (Å²) in [6.45, 7) is 6.39. The monoisotopic (exact) mass is 317 g/mol. The summed E-state index contributed by atoms with van der Waals surface area (Å²) < 4.78 is 18.9. The quantitative estimate of drug-likeness (QED) is 0.858. The van der Waals surface area contributed by atoms with Crippen molar-refractivity contribution in [2.24, 2.45) is 0 Å². The van der Waals surface area contributed by atoms with Gasteiger partial charge in [-0.15, -0.1) is 0 Å². The van der Waals surface area contributed by atoms with Gasteiger partial charge < -0.3 is 10.1 Å². The maximum Gasteiger partial charge on any atom is 0.151 e. The number of hydrogen-bond donors (Lipinski definition) is 2. The van der Waals surface area contributed by atoms with Crippen LogP contribution < -0.4 is 5.32 Å². The topological polar surface area (TPSA) is 49.9 Å². The van der Waals surface area contributed by atoms with Gasteiger partial charge in [0.2, 0.25) is 0 Å². The molecule has 1 aromatic heterocycles. The van der Waals surface area contributed by atoms with Crippen molar-refractivity contribution in [3.8, 4) is 0 Å². The van der Waals surface area contributed by atoms with Crippen molar-refractivity contribution in [2.45, 2.75) is 38.5 Å². The van der Waals surface area contributed by atoms with E-state index in [4.69, 9.17) is 4.74 Å². The maximum atomic E-state index is 13.2. The molecule has 124 valence electrons. The molecule has 2 aromatic rings. The lowest BCUT2D eigenvalue weighted by molar-refractivity contribution is 0.179. The van der Waals surface area contributed by atoms with Gasteiger partial charge in [0.05, 0.1) is 6.61 Å². The van der Waals surface area contributed by atoms with Gasteiger partial charge in [0, 0.05) is 29.8 Å². The van der Waals surface area contributed by atoms with Crippen LogP contribution in [0.3, 0.4) is 0 Å². The van der Waals surface area contributed by atoms with Gasteiger partial charge in [0.1, 0.15) is 5.82 Å². The highest BCUT2D eigenvalue weighted by molar-refractivity contribution is 5.47. The fourth-order valence-electron chi connectivity index (χ4n) is 3.35. The van der Waals surface area contributed by atoms with Gasteiger partial charge in [-0.2, -0.15) is 5.10 Å². The van der Waals surface area contributed by atoms with Gasteiger partial charge in [-0.25, -0.2) is 4.39 Å². The van der Waals surface area contributed by atoms with Crippen molar-refractivity contribution in [1.82, 2.24) is 10.2 Å². The summed E-state index contributed by atoms with van der Waals surface area (Å²) >= 11 is 0. The highest BCUT2D eigenvalue weighted by Gasteiger charge is 2.37. The van der Waals surface area contributed by atoms with E-state index >= 15 is 0 Å². The largest absolute Gasteiger partial charge is 0.380 e. The van der Waals surface area contributed by atoms with Crippen LogP contribution in [0.25, 0.3) is 0 Å². The average Bonchev–Trinajstić information content (AvgIpc) is 3.20. The minimum absolute atomic E-state index is 0.121. The number of rotatable bonds is 6. The van der Waals surface area contributed by atoms with E-state index < -0.39 is 0 Å². The first-order valence-corrected chi connectivity index (χ1v) is 8.32. The van der Waals surface area contributed by atoms with E-state index in [1.807, 2.05) is 12.1 Å². The van der Waals surface area contributed by atoms with Gasteiger partial charge in [0.25, 0.3) is 0 Å². The Morgan fingerprint density at radius 1 is 1.26 bits per heavy atom. The Labute approximate surface area is 136 Å². The molecular weight excluding hydrogens is 293 g/mol. The first kappa shape index (κ1) is 16.0. The van der Waals surface area contributed by atoms with Crippen molar-refractivity contribution in [3.63, 3.8) is 0 Å². The van der Waals surface area contributed by atoms with Crippen molar-refractivity contribution in [2.75, 3.05) is 25.1 Å². The number of aryl methyl sites for hydroxylation is 1. The molecule has 0 saturated carbocycles. The Bertz CT molecular complexity index is 645. The number of benzene rings is 1. The van der Waals surface area contributed by atoms with E-state index in [1.54, 1.807) is 0 Å². The van der Waals surface area contributed by atoms with Crippen LogP contribution >= 0.6 is 0 Å². The molecule has 1 unspecified atom stereocenters. The number of hydrogen-bond acceptors (Lipinski definition) is 3. The third-order valence-electron chi connectivity index (χ3n) is 4.81. The molecule has 3 rings (SSSR count). The molecule has 1 saturated heterocycles. The normalized spacial score (nSPS) is 20.8. The first-order chi connectivity index (χ1) is 11.2. The van der Waals surface area contributed by atoms with Crippen LogP contribution in [-0.2, 0) is 23.0 Å². The van der Waals surface area contributed by atoms with Gasteiger partial charge >= 0.3 is 0 Å². The Kier molecular flexibility index (Phi) is 4.66. The number of halogens is 1. The molecule has 0 aliphatic carbocycles. The molecule has 1 atom stereocenters. The van der Waals surface area contributed by atoms with Crippen LogP contribution in [0.2, 0.25) is 0 Å². The number of ether oxygens (including phenoxy) is 1. The van der Waals surface area contributed by atoms with Crippen molar-refractivity contribution in [1.29, 1.82) is 0 Å². The second kappa shape index (κ2) is 6.71. The zero-order valence-electron chi connectivity index (χ0n) is 13.8. The SMILES string of the molecule is CCc1[nH]nc(NCC2(c3ccc(F)cc3)CCOC2)c1CC. The number of nitrogens with one attached hydrogen (secondary N) is 2. The predicted octanol–water partition coefficient (Wildman–Crippen LogP) is 3.44. The molecule has 0 bridgehead atoms. The van der Waals surface area contributed by atoms with E-state index in [2.05, 4.69) is 29.4 Å². The molecule has 2 N–H and O–H groups in total. The van der Waals surface area contributed by atoms with Gasteiger partial charge in [-0.1, -0.05) is 26.0 Å². The third-order valence-corrected chi connectivity index (χ3v) is 4.81. The maximum absolute atomic E-state index is 13.2. The minimum atomic E-state index is -0.205. The smallest absolute Gasteiger partial charge is 0.151 e. The molecule has 2 heterocycles. The highest BCUT2D eigenvalue weighted by Crippen LogP contribution is 2.34. The molecule has 0 spiro atoms. The summed E-state index contributed by atoms with van der Waals surface area (Å²) in [5.74, 6) is 0.724. The molecule has 5 heteroatoms. The van der Waals surface area contributed by atoms with Crippen LogP contribution in [0.1, 0.15) is 37.1 Å². The zero-order valence-corrected chi connectivity index (χ0v) is 13.8. The van der Waals surface area contributed by atoms with Crippen LogP contribution in [0.5, 0.6) is 0 Å². The lowest BCUT2D eigenvalue weighted by Crippen LogP contribution is -2.35. The number of anilines is 1. The number of H-pyrrole nitrogens is 1. The summed E-state index contributed by atoms with van der Waals surface area (Å²) in [5.41, 5.74) is 3.44. The van der Waals surface area contributed by atoms with E-state index in [1.165, 1.54) is 23.4 Å². The fourth-order valence-corrected chi connectivity index (χ4v) is 3.35. The van der Waals surface area contributed by atoms with Crippen molar-refractivity contribution >= 4 is 5.82 Å². The van der Waals surface area contributed by atoms with Crippen LogP contribution in [0, 0.1) is 5.82 Å². The van der Waals surface area contributed by atoms with E-state index in [0.717, 1.165) is 43.8 Å². The molecule has 0 amide bonds. The van der Waals surface area contributed by atoms with Crippen molar-refractivity contribution in [3.05, 3.63) is 46.9 Å². The third kappa shape index (κ3) is 3.11. The summed E-state index contributed by atoms with van der Waals surface area (Å²) in [4.78, 5) is 0. The number of aromatic nitrogens is 2. The standard InChI is InChI=1S/C18H24FN3O/c1-3-15-16(4-2)21-22-17(15)20-11-18(9-10-23-12-18)13-5-7-14(19)8-6-13/h5-8H,3-4,9-12H2,1-2H3,(H2,20,21,22). The molecule has 1 aliphatic heterocycles. The number of nitrogens with zero attached hydrogens (tertiary/aromatic N) is 1. The minimum Gasteiger partial charge on any atom is -0.380 e. The summed E-state index contributed by atoms with van der Waals surface area (Å²) in [7, 11) is 0. The van der Waals surface area contributed by atoms with E-state index in [0.29, 0.717) is 6.61 Å². The van der Waals surface area contributed by atoms with Gasteiger partial charge in [-0.3, -0.25) is 5.10 Å². The van der Waals surface area contributed by atoms with E-state index in [-0.39, 0.29) is 11.2 Å². The Morgan fingerprint density at radius 2 is 2.04 bits per heavy atom.